The van der Waals surface area contributed by atoms with Gasteiger partial charge in [-0.15, -0.1) is 0 Å². The molecule has 0 atom stereocenters. The summed E-state index contributed by atoms with van der Waals surface area (Å²) in [5.41, 5.74) is 9.61. The summed E-state index contributed by atoms with van der Waals surface area (Å²) in [5, 5.41) is 9.94. The standard InChI is InChI=1S/C46H28O/c1-2-11-29(12-3-1)33-24-34(35-23-32-15-10-20-44-46(32)42(28-35)39-18-8-9-19-43(39)47-44)26-36(25-33)45-38-17-7-5-14-31(38)27-41-37-16-6-4-13-30(37)21-22-40(41)45/h1-28H. The first kappa shape index (κ1) is 26.1. The molecule has 9 aromatic rings. The molecule has 0 saturated heterocycles. The van der Waals surface area contributed by atoms with Gasteiger partial charge in [-0.2, -0.15) is 0 Å². The third-order valence-corrected chi connectivity index (χ3v) is 9.77. The van der Waals surface area contributed by atoms with Crippen molar-refractivity contribution in [2.45, 2.75) is 0 Å². The lowest BCUT2D eigenvalue weighted by atomic mass is 9.86. The average Bonchev–Trinajstić information content (AvgIpc) is 3.14. The summed E-state index contributed by atoms with van der Waals surface area (Å²) >= 11 is 0. The largest absolute Gasteiger partial charge is 0.456 e. The van der Waals surface area contributed by atoms with Crippen molar-refractivity contribution in [2.24, 2.45) is 0 Å². The summed E-state index contributed by atoms with van der Waals surface area (Å²) in [4.78, 5) is 0. The molecule has 9 aromatic carbocycles. The van der Waals surface area contributed by atoms with Crippen LogP contribution in [0.1, 0.15) is 0 Å². The van der Waals surface area contributed by atoms with Gasteiger partial charge in [0.05, 0.1) is 0 Å². The van der Waals surface area contributed by atoms with E-state index < -0.39 is 0 Å². The molecule has 218 valence electrons. The molecule has 1 aliphatic heterocycles. The van der Waals surface area contributed by atoms with Gasteiger partial charge in [0.15, 0.2) is 0 Å². The van der Waals surface area contributed by atoms with E-state index in [1.807, 2.05) is 6.07 Å². The van der Waals surface area contributed by atoms with Crippen LogP contribution in [0.5, 0.6) is 11.5 Å². The SMILES string of the molecule is c1ccc(-c2cc(-c3cc4c5c(cccc5c3)Oc3ccccc3-4)cc(-c3c4ccccc4cc4c3ccc3ccccc34)c2)cc1. The number of fused-ring (bicyclic) bond motifs is 6. The minimum atomic E-state index is 0.901. The monoisotopic (exact) mass is 596 g/mol. The van der Waals surface area contributed by atoms with E-state index in [-0.39, 0.29) is 0 Å². The zero-order chi connectivity index (χ0) is 30.9. The number of rotatable bonds is 3. The first-order valence-electron chi connectivity index (χ1n) is 16.2. The van der Waals surface area contributed by atoms with Gasteiger partial charge in [-0.1, -0.05) is 121 Å². The van der Waals surface area contributed by atoms with Gasteiger partial charge in [-0.3, -0.25) is 0 Å². The quantitative estimate of drug-likeness (QED) is 0.146. The molecule has 0 aliphatic carbocycles. The smallest absolute Gasteiger partial charge is 0.135 e. The summed E-state index contributed by atoms with van der Waals surface area (Å²) < 4.78 is 6.36. The van der Waals surface area contributed by atoms with Gasteiger partial charge in [-0.25, -0.2) is 0 Å². The predicted octanol–water partition coefficient (Wildman–Crippen LogP) is 13.1. The van der Waals surface area contributed by atoms with Crippen molar-refractivity contribution >= 4 is 43.1 Å². The van der Waals surface area contributed by atoms with Crippen molar-refractivity contribution in [3.63, 3.8) is 0 Å². The maximum atomic E-state index is 6.36. The van der Waals surface area contributed by atoms with Crippen LogP contribution in [0.4, 0.5) is 0 Å². The lowest BCUT2D eigenvalue weighted by molar-refractivity contribution is 0.487. The highest BCUT2D eigenvalue weighted by molar-refractivity contribution is 6.20. The number of benzene rings is 9. The summed E-state index contributed by atoms with van der Waals surface area (Å²) in [5.74, 6) is 1.81. The first-order chi connectivity index (χ1) is 23.3. The van der Waals surface area contributed by atoms with Crippen LogP contribution in [0.25, 0.3) is 87.6 Å². The van der Waals surface area contributed by atoms with Crippen LogP contribution in [-0.2, 0) is 0 Å². The molecule has 0 N–H and O–H groups in total. The van der Waals surface area contributed by atoms with E-state index in [0.29, 0.717) is 0 Å². The molecule has 0 unspecified atom stereocenters. The summed E-state index contributed by atoms with van der Waals surface area (Å²) in [6.45, 7) is 0. The van der Waals surface area contributed by atoms with Gasteiger partial charge in [-0.05, 0) is 125 Å². The molecule has 10 rings (SSSR count). The molecule has 0 fully saturated rings. The van der Waals surface area contributed by atoms with Crippen molar-refractivity contribution in [2.75, 3.05) is 0 Å². The zero-order valence-corrected chi connectivity index (χ0v) is 25.6. The third-order valence-electron chi connectivity index (χ3n) is 9.77. The molecule has 0 saturated carbocycles. The third kappa shape index (κ3) is 4.10. The van der Waals surface area contributed by atoms with Crippen LogP contribution >= 0.6 is 0 Å². The van der Waals surface area contributed by atoms with E-state index >= 15 is 0 Å². The second-order valence-corrected chi connectivity index (χ2v) is 12.5. The van der Waals surface area contributed by atoms with Crippen molar-refractivity contribution in [1.82, 2.24) is 0 Å². The number of hydrogen-bond acceptors (Lipinski definition) is 1. The second kappa shape index (κ2) is 10.2. The highest BCUT2D eigenvalue weighted by Crippen LogP contribution is 2.49. The molecule has 1 heteroatoms. The average molecular weight is 597 g/mol. The van der Waals surface area contributed by atoms with E-state index in [1.165, 1.54) is 82.0 Å². The Morgan fingerprint density at radius 3 is 1.85 bits per heavy atom. The van der Waals surface area contributed by atoms with Crippen LogP contribution < -0.4 is 4.74 Å². The Hall–Kier alpha value is -6.18. The van der Waals surface area contributed by atoms with Crippen LogP contribution in [0.15, 0.2) is 170 Å². The molecule has 1 nitrogen and oxygen atoms in total. The van der Waals surface area contributed by atoms with E-state index in [1.54, 1.807) is 0 Å². The summed E-state index contributed by atoms with van der Waals surface area (Å²) in [7, 11) is 0. The maximum Gasteiger partial charge on any atom is 0.135 e. The normalized spacial score (nSPS) is 12.0. The van der Waals surface area contributed by atoms with Crippen LogP contribution in [0, 0.1) is 0 Å². The van der Waals surface area contributed by atoms with Crippen LogP contribution in [0.3, 0.4) is 0 Å². The Bertz CT molecular complexity index is 2700. The van der Waals surface area contributed by atoms with Crippen LogP contribution in [0.2, 0.25) is 0 Å². The molecule has 1 heterocycles. The number of hydrogen-bond donors (Lipinski definition) is 0. The highest BCUT2D eigenvalue weighted by Gasteiger charge is 2.21. The lowest BCUT2D eigenvalue weighted by Crippen LogP contribution is -1.97. The van der Waals surface area contributed by atoms with Gasteiger partial charge in [0.2, 0.25) is 0 Å². The van der Waals surface area contributed by atoms with Crippen molar-refractivity contribution in [3.05, 3.63) is 170 Å². The molecular formula is C46H28O. The summed E-state index contributed by atoms with van der Waals surface area (Å²) in [6.07, 6.45) is 0. The molecule has 0 bridgehead atoms. The van der Waals surface area contributed by atoms with Gasteiger partial charge in [0, 0.05) is 10.9 Å². The highest BCUT2D eigenvalue weighted by atomic mass is 16.5. The fourth-order valence-electron chi connectivity index (χ4n) is 7.62. The Labute approximate surface area is 272 Å². The molecule has 47 heavy (non-hydrogen) atoms. The maximum absolute atomic E-state index is 6.36. The fourth-order valence-corrected chi connectivity index (χ4v) is 7.62. The molecular weight excluding hydrogens is 569 g/mol. The van der Waals surface area contributed by atoms with Gasteiger partial charge in [0.25, 0.3) is 0 Å². The Morgan fingerprint density at radius 2 is 0.957 bits per heavy atom. The van der Waals surface area contributed by atoms with Crippen molar-refractivity contribution < 1.29 is 4.74 Å². The lowest BCUT2D eigenvalue weighted by Gasteiger charge is -2.22. The van der Waals surface area contributed by atoms with Crippen molar-refractivity contribution in [1.29, 1.82) is 0 Å². The minimum Gasteiger partial charge on any atom is -0.456 e. The molecule has 0 radical (unpaired) electrons. The Kier molecular flexibility index (Phi) is 5.64. The Morgan fingerprint density at radius 1 is 0.298 bits per heavy atom. The van der Waals surface area contributed by atoms with Gasteiger partial charge < -0.3 is 4.74 Å². The topological polar surface area (TPSA) is 9.23 Å². The number of ether oxygens (including phenoxy) is 1. The van der Waals surface area contributed by atoms with E-state index in [9.17, 15) is 0 Å². The van der Waals surface area contributed by atoms with Gasteiger partial charge in [0.1, 0.15) is 11.5 Å². The second-order valence-electron chi connectivity index (χ2n) is 12.5. The van der Waals surface area contributed by atoms with E-state index in [2.05, 4.69) is 164 Å². The van der Waals surface area contributed by atoms with E-state index in [0.717, 1.165) is 17.1 Å². The predicted molar refractivity (Wildman–Crippen MR) is 198 cm³/mol. The zero-order valence-electron chi connectivity index (χ0n) is 25.6. The molecule has 0 aromatic heterocycles. The summed E-state index contributed by atoms with van der Waals surface area (Å²) in [6, 6.07) is 61.8. The van der Waals surface area contributed by atoms with Crippen molar-refractivity contribution in [3.8, 4) is 56.0 Å². The minimum absolute atomic E-state index is 0.901. The molecule has 0 amide bonds. The van der Waals surface area contributed by atoms with Crippen LogP contribution in [-0.4, -0.2) is 0 Å². The number of para-hydroxylation sites is 1. The molecule has 0 spiro atoms. The van der Waals surface area contributed by atoms with E-state index in [4.69, 9.17) is 4.74 Å². The fraction of sp³-hybridized carbons (Fsp3) is 0. The molecule has 1 aliphatic rings. The van der Waals surface area contributed by atoms with Gasteiger partial charge >= 0.3 is 0 Å². The first-order valence-corrected chi connectivity index (χ1v) is 16.2. The Balaban J connectivity index is 1.30.